The SMILES string of the molecule is CC(C)(C)OC(=O)NC(c1ccccc1)C1(CN)CC1. The molecule has 1 atom stereocenters. The molecule has 1 aromatic carbocycles. The van der Waals surface area contributed by atoms with Crippen molar-refractivity contribution >= 4 is 6.09 Å². The Bertz CT molecular complexity index is 461. The molecule has 1 aliphatic carbocycles. The lowest BCUT2D eigenvalue weighted by atomic mass is 9.90. The van der Waals surface area contributed by atoms with Crippen LogP contribution in [0.5, 0.6) is 0 Å². The number of hydrogen-bond donors (Lipinski definition) is 2. The molecule has 1 saturated carbocycles. The Morgan fingerprint density at radius 3 is 2.40 bits per heavy atom. The van der Waals surface area contributed by atoms with E-state index >= 15 is 0 Å². The fourth-order valence-electron chi connectivity index (χ4n) is 2.43. The third kappa shape index (κ3) is 3.51. The minimum Gasteiger partial charge on any atom is -0.444 e. The monoisotopic (exact) mass is 276 g/mol. The van der Waals surface area contributed by atoms with Crippen molar-refractivity contribution in [2.45, 2.75) is 45.3 Å². The van der Waals surface area contributed by atoms with Gasteiger partial charge in [-0.1, -0.05) is 30.3 Å². The Balaban J connectivity index is 2.15. The molecule has 0 saturated heterocycles. The zero-order chi connectivity index (χ0) is 14.8. The predicted molar refractivity (Wildman–Crippen MR) is 79.3 cm³/mol. The summed E-state index contributed by atoms with van der Waals surface area (Å²) in [4.78, 5) is 12.1. The Labute approximate surface area is 120 Å². The summed E-state index contributed by atoms with van der Waals surface area (Å²) in [5.74, 6) is 0. The molecule has 1 aliphatic rings. The van der Waals surface area contributed by atoms with Gasteiger partial charge in [0.2, 0.25) is 0 Å². The Morgan fingerprint density at radius 1 is 1.35 bits per heavy atom. The summed E-state index contributed by atoms with van der Waals surface area (Å²) in [6, 6.07) is 9.90. The minimum absolute atomic E-state index is 0.0156. The molecule has 0 spiro atoms. The molecular weight excluding hydrogens is 252 g/mol. The van der Waals surface area contributed by atoms with Crippen LogP contribution in [0.2, 0.25) is 0 Å². The van der Waals surface area contributed by atoms with Gasteiger partial charge in [0.05, 0.1) is 6.04 Å². The molecule has 0 heterocycles. The number of nitrogens with two attached hydrogens (primary N) is 1. The fraction of sp³-hybridized carbons (Fsp3) is 0.562. The summed E-state index contributed by atoms with van der Waals surface area (Å²) in [6.45, 7) is 6.15. The molecule has 1 fully saturated rings. The van der Waals surface area contributed by atoms with Gasteiger partial charge in [0.1, 0.15) is 5.60 Å². The van der Waals surface area contributed by atoms with Crippen LogP contribution in [-0.2, 0) is 4.74 Å². The summed E-state index contributed by atoms with van der Waals surface area (Å²) in [5.41, 5.74) is 6.49. The first-order valence-electron chi connectivity index (χ1n) is 7.11. The first kappa shape index (κ1) is 14.9. The van der Waals surface area contributed by atoms with E-state index in [4.69, 9.17) is 10.5 Å². The summed E-state index contributed by atoms with van der Waals surface area (Å²) >= 11 is 0. The minimum atomic E-state index is -0.495. The van der Waals surface area contributed by atoms with Crippen molar-refractivity contribution in [3.63, 3.8) is 0 Å². The molecule has 0 aliphatic heterocycles. The third-order valence-corrected chi connectivity index (χ3v) is 3.71. The van der Waals surface area contributed by atoms with Gasteiger partial charge in [0, 0.05) is 12.0 Å². The molecule has 110 valence electrons. The van der Waals surface area contributed by atoms with E-state index in [0.29, 0.717) is 6.54 Å². The molecule has 1 aromatic rings. The highest BCUT2D eigenvalue weighted by molar-refractivity contribution is 5.68. The van der Waals surface area contributed by atoms with E-state index in [-0.39, 0.29) is 17.6 Å². The van der Waals surface area contributed by atoms with Gasteiger partial charge in [-0.2, -0.15) is 0 Å². The van der Waals surface area contributed by atoms with Gasteiger partial charge in [0.25, 0.3) is 0 Å². The summed E-state index contributed by atoms with van der Waals surface area (Å²) in [6.07, 6.45) is 1.70. The molecule has 0 bridgehead atoms. The molecular formula is C16H24N2O2. The van der Waals surface area contributed by atoms with Crippen molar-refractivity contribution in [2.75, 3.05) is 6.54 Å². The molecule has 20 heavy (non-hydrogen) atoms. The van der Waals surface area contributed by atoms with Crippen molar-refractivity contribution in [1.82, 2.24) is 5.32 Å². The van der Waals surface area contributed by atoms with E-state index in [0.717, 1.165) is 18.4 Å². The highest BCUT2D eigenvalue weighted by atomic mass is 16.6. The van der Waals surface area contributed by atoms with Crippen molar-refractivity contribution in [3.05, 3.63) is 35.9 Å². The lowest BCUT2D eigenvalue weighted by molar-refractivity contribution is 0.0479. The van der Waals surface area contributed by atoms with Crippen LogP contribution < -0.4 is 11.1 Å². The van der Waals surface area contributed by atoms with Crippen LogP contribution in [0.25, 0.3) is 0 Å². The normalized spacial score (nSPS) is 18.2. The van der Waals surface area contributed by atoms with Gasteiger partial charge < -0.3 is 15.8 Å². The largest absolute Gasteiger partial charge is 0.444 e. The summed E-state index contributed by atoms with van der Waals surface area (Å²) in [5, 5.41) is 3.00. The number of alkyl carbamates (subject to hydrolysis) is 1. The topological polar surface area (TPSA) is 64.3 Å². The van der Waals surface area contributed by atoms with E-state index in [1.54, 1.807) is 0 Å². The van der Waals surface area contributed by atoms with Crippen molar-refractivity contribution < 1.29 is 9.53 Å². The smallest absolute Gasteiger partial charge is 0.408 e. The van der Waals surface area contributed by atoms with Gasteiger partial charge in [-0.3, -0.25) is 0 Å². The van der Waals surface area contributed by atoms with Crippen LogP contribution in [0.3, 0.4) is 0 Å². The van der Waals surface area contributed by atoms with Crippen molar-refractivity contribution in [1.29, 1.82) is 0 Å². The number of ether oxygens (including phenoxy) is 1. The zero-order valence-electron chi connectivity index (χ0n) is 12.5. The Morgan fingerprint density at radius 2 is 1.95 bits per heavy atom. The number of carbonyl (C=O) groups is 1. The van der Waals surface area contributed by atoms with Gasteiger partial charge in [-0.15, -0.1) is 0 Å². The molecule has 0 radical (unpaired) electrons. The molecule has 0 aromatic heterocycles. The van der Waals surface area contributed by atoms with E-state index in [1.165, 1.54) is 0 Å². The zero-order valence-corrected chi connectivity index (χ0v) is 12.5. The number of carbonyl (C=O) groups excluding carboxylic acids is 1. The molecule has 1 amide bonds. The van der Waals surface area contributed by atoms with Gasteiger partial charge in [-0.25, -0.2) is 4.79 Å². The summed E-state index contributed by atoms with van der Waals surface area (Å²) in [7, 11) is 0. The lowest BCUT2D eigenvalue weighted by Gasteiger charge is -2.29. The molecule has 1 unspecified atom stereocenters. The number of rotatable bonds is 4. The van der Waals surface area contributed by atoms with Gasteiger partial charge in [0.15, 0.2) is 0 Å². The highest BCUT2D eigenvalue weighted by Crippen LogP contribution is 2.54. The molecule has 2 rings (SSSR count). The Kier molecular flexibility index (Phi) is 4.04. The average Bonchev–Trinajstić information content (AvgIpc) is 3.16. The van der Waals surface area contributed by atoms with Crippen LogP contribution in [-0.4, -0.2) is 18.2 Å². The maximum absolute atomic E-state index is 12.1. The van der Waals surface area contributed by atoms with Crippen LogP contribution >= 0.6 is 0 Å². The number of benzene rings is 1. The van der Waals surface area contributed by atoms with Crippen molar-refractivity contribution in [2.24, 2.45) is 11.1 Å². The maximum Gasteiger partial charge on any atom is 0.408 e. The van der Waals surface area contributed by atoms with E-state index in [9.17, 15) is 4.79 Å². The molecule has 4 nitrogen and oxygen atoms in total. The quantitative estimate of drug-likeness (QED) is 0.888. The predicted octanol–water partition coefficient (Wildman–Crippen LogP) is 2.99. The number of nitrogens with one attached hydrogen (secondary N) is 1. The second kappa shape index (κ2) is 5.44. The standard InChI is InChI=1S/C16H24N2O2/c1-15(2,3)20-14(19)18-13(16(11-17)9-10-16)12-7-5-4-6-8-12/h4-8,13H,9-11,17H2,1-3H3,(H,18,19). The van der Waals surface area contributed by atoms with E-state index < -0.39 is 5.60 Å². The van der Waals surface area contributed by atoms with E-state index in [2.05, 4.69) is 5.32 Å². The number of amides is 1. The summed E-state index contributed by atoms with van der Waals surface area (Å²) < 4.78 is 5.37. The van der Waals surface area contributed by atoms with Crippen LogP contribution in [0.4, 0.5) is 4.79 Å². The van der Waals surface area contributed by atoms with Crippen LogP contribution in [0.15, 0.2) is 30.3 Å². The van der Waals surface area contributed by atoms with Crippen LogP contribution in [0.1, 0.15) is 45.2 Å². The van der Waals surface area contributed by atoms with E-state index in [1.807, 2.05) is 51.1 Å². The van der Waals surface area contributed by atoms with Gasteiger partial charge >= 0.3 is 6.09 Å². The van der Waals surface area contributed by atoms with Crippen LogP contribution in [0, 0.1) is 5.41 Å². The first-order chi connectivity index (χ1) is 9.36. The second-order valence-corrected chi connectivity index (χ2v) is 6.56. The van der Waals surface area contributed by atoms with Gasteiger partial charge in [-0.05, 0) is 39.2 Å². The molecule has 3 N–H and O–H groups in total. The Hall–Kier alpha value is -1.55. The average molecular weight is 276 g/mol. The first-order valence-corrected chi connectivity index (χ1v) is 7.11. The maximum atomic E-state index is 12.1. The third-order valence-electron chi connectivity index (χ3n) is 3.71. The fourth-order valence-corrected chi connectivity index (χ4v) is 2.43. The van der Waals surface area contributed by atoms with Crippen molar-refractivity contribution in [3.8, 4) is 0 Å². The molecule has 4 heteroatoms. The second-order valence-electron chi connectivity index (χ2n) is 6.56. The lowest BCUT2D eigenvalue weighted by Crippen LogP contribution is -2.40. The highest BCUT2D eigenvalue weighted by Gasteiger charge is 2.49. The number of hydrogen-bond acceptors (Lipinski definition) is 3.